The Hall–Kier alpha value is -9.95. The molecule has 1 aliphatic heterocycles. The topological polar surface area (TPSA) is 633 Å². The Labute approximate surface area is 510 Å². The first kappa shape index (κ1) is 78.1. The zero-order chi connectivity index (χ0) is 68.2. The van der Waals surface area contributed by atoms with Crippen molar-refractivity contribution in [2.24, 2.45) is 5.73 Å². The number of carboxylic acids is 8. The number of carbonyl (C=O) groups excluding carboxylic acids is 11. The van der Waals surface area contributed by atoms with E-state index in [-0.39, 0.29) is 26.2 Å². The lowest BCUT2D eigenvalue weighted by atomic mass is 10.0. The number of nitrogens with two attached hydrogens (primary N) is 1. The van der Waals surface area contributed by atoms with Crippen molar-refractivity contribution in [2.75, 3.05) is 32.8 Å². The summed E-state index contributed by atoms with van der Waals surface area (Å²) in [5.74, 6) is -24.0. The second-order valence-electron chi connectivity index (χ2n) is 20.0. The molecule has 0 spiro atoms. The molecule has 0 unspecified atom stereocenters. The lowest BCUT2D eigenvalue weighted by Gasteiger charge is -2.28. The molecule has 10 amide bonds. The largest absolute Gasteiger partial charge is 0.481 e. The van der Waals surface area contributed by atoms with Crippen LogP contribution in [0.5, 0.6) is 0 Å². The Kier molecular flexibility index (Phi) is 35.8. The van der Waals surface area contributed by atoms with Gasteiger partial charge in [0.1, 0.15) is 61.2 Å². The molecule has 0 aromatic heterocycles. The maximum absolute atomic E-state index is 14.0. The van der Waals surface area contributed by atoms with Crippen molar-refractivity contribution >= 4 is 113 Å². The number of aliphatic carboxylic acids is 8. The highest BCUT2D eigenvalue weighted by Crippen LogP contribution is 2.18. The molecule has 0 aliphatic carbocycles. The molecule has 19 N–H and O–H groups in total. The van der Waals surface area contributed by atoms with Gasteiger partial charge in [-0.1, -0.05) is 0 Å². The first-order chi connectivity index (χ1) is 42.3. The summed E-state index contributed by atoms with van der Waals surface area (Å²) < 4.78 is 5.33. The van der Waals surface area contributed by atoms with E-state index in [1.807, 2.05) is 0 Å². The van der Waals surface area contributed by atoms with Gasteiger partial charge in [-0.15, -0.1) is 0 Å². The Balaban J connectivity index is 3.51. The zero-order valence-corrected chi connectivity index (χ0v) is 48.3. The molecule has 0 aromatic rings. The number of ether oxygens (including phenoxy) is 1. The monoisotopic (exact) mass is 1290 g/mol. The summed E-state index contributed by atoms with van der Waals surface area (Å²) >= 11 is 0. The third kappa shape index (κ3) is 32.2. The van der Waals surface area contributed by atoms with Gasteiger partial charge >= 0.3 is 47.8 Å². The van der Waals surface area contributed by atoms with Crippen LogP contribution in [0.2, 0.25) is 0 Å². The van der Waals surface area contributed by atoms with E-state index >= 15 is 0 Å². The summed E-state index contributed by atoms with van der Waals surface area (Å²) in [6.07, 6.45) is -11.5. The van der Waals surface area contributed by atoms with E-state index in [2.05, 4.69) is 47.9 Å². The van der Waals surface area contributed by atoms with Crippen molar-refractivity contribution in [3.8, 4) is 0 Å². The molecule has 0 radical (unpaired) electrons. The van der Waals surface area contributed by atoms with Crippen LogP contribution in [-0.4, -0.2) is 246 Å². The summed E-state index contributed by atoms with van der Waals surface area (Å²) in [6, 6.07) is -16.2. The van der Waals surface area contributed by atoms with Crippen molar-refractivity contribution in [2.45, 2.75) is 170 Å². The van der Waals surface area contributed by atoms with E-state index in [0.29, 0.717) is 19.1 Å². The average molecular weight is 1290 g/mol. The molecule has 39 nitrogen and oxygen atoms in total. The number of nitrogens with zero attached hydrogens (tertiary/aromatic N) is 1. The van der Waals surface area contributed by atoms with Crippen molar-refractivity contribution in [1.29, 1.82) is 0 Å². The predicted octanol–water partition coefficient (Wildman–Crippen LogP) is -6.94. The van der Waals surface area contributed by atoms with E-state index in [0.717, 1.165) is 0 Å². The Morgan fingerprint density at radius 1 is 0.411 bits per heavy atom. The molecule has 1 fully saturated rings. The number of carbonyl (C=O) groups is 19. The Morgan fingerprint density at radius 2 is 0.689 bits per heavy atom. The van der Waals surface area contributed by atoms with Gasteiger partial charge in [0.25, 0.3) is 0 Å². The lowest BCUT2D eigenvalue weighted by molar-refractivity contribution is -0.142. The molecule has 1 rings (SSSR count). The van der Waals surface area contributed by atoms with Crippen LogP contribution in [0.15, 0.2) is 0 Å². The van der Waals surface area contributed by atoms with E-state index in [9.17, 15) is 127 Å². The highest BCUT2D eigenvalue weighted by molar-refractivity contribution is 5.99. The fourth-order valence-electron chi connectivity index (χ4n) is 8.29. The number of amides is 10. The quantitative estimate of drug-likeness (QED) is 0.0199. The number of carboxylic acid groups (broad SMARTS) is 8. The smallest absolute Gasteiger partial charge is 0.303 e. The highest BCUT2D eigenvalue weighted by atomic mass is 16.5. The summed E-state index contributed by atoms with van der Waals surface area (Å²) in [6.45, 7) is -1.34. The third-order valence-corrected chi connectivity index (χ3v) is 13.0. The van der Waals surface area contributed by atoms with E-state index in [1.54, 1.807) is 0 Å². The van der Waals surface area contributed by atoms with Crippen molar-refractivity contribution in [1.82, 2.24) is 52.8 Å². The van der Waals surface area contributed by atoms with Crippen LogP contribution in [0.4, 0.5) is 0 Å². The summed E-state index contributed by atoms with van der Waals surface area (Å²) in [7, 11) is 0. The summed E-state index contributed by atoms with van der Waals surface area (Å²) in [5, 5.41) is 94.6. The van der Waals surface area contributed by atoms with Crippen LogP contribution < -0.4 is 53.6 Å². The number of hydrogen-bond donors (Lipinski definition) is 18. The fraction of sp³-hybridized carbons (Fsp3) is 0.627. The van der Waals surface area contributed by atoms with Crippen molar-refractivity contribution < 1.29 is 137 Å². The number of nitrogens with one attached hydrogen (secondary N) is 9. The van der Waals surface area contributed by atoms with E-state index in [1.165, 1.54) is 4.90 Å². The standard InChI is InChI=1S/C51H75N11O28/c52-25(3-11-35(65)66)43(81)55-27(5-13-37(69)70)45(83)57-29(7-15-39(73)74)47(85)59-31(9-17-41(77)78)49(87)61-32(10-18-42(79)80)50(88)60-30(8-16-40(75)76)48(86)58-28(6-14-38(71)72)46(84)56-26(4-12-36(67)68)44(82)54-20-23-90-24-34(64)62-21-1-2-33(62)51(89)53-19-22-63/h22,25-33H,1-21,23-24,52H2,(H,53,89)(H,54,82)(H,55,81)(H,56,84)(H,57,83)(H,58,86)(H,59,85)(H,60,88)(H,61,87)(H,65,66)(H,67,68)(H,69,70)(H,71,72)(H,73,74)(H,75,76)(H,77,78)(H,79,80)/t25-,26-,27-,28-,29-,30-,31-,32-,33+/m1/s1. The van der Waals surface area contributed by atoms with Crippen LogP contribution in [0.3, 0.4) is 0 Å². The molecule has 1 heterocycles. The SMILES string of the molecule is N[C@H](CCC(=O)O)C(=O)N[C@H](CCC(=O)O)C(=O)N[C@H](CCC(=O)O)C(=O)N[C@H](CCC(=O)O)C(=O)N[C@H](CCC(=O)O)C(=O)N[C@H](CCC(=O)O)C(=O)N[C@H](CCC(=O)O)C(=O)N[C@H](CCC(=O)O)C(=O)NCCOCC(=O)N1CCC[C@H]1C(=O)NCC=O. The molecule has 0 saturated carbocycles. The lowest BCUT2D eigenvalue weighted by Crippen LogP contribution is -2.60. The number of hydrogen-bond acceptors (Lipinski definition) is 21. The Morgan fingerprint density at radius 3 is 0.978 bits per heavy atom. The molecular formula is C51H75N11O28. The summed E-state index contributed by atoms with van der Waals surface area (Å²) in [5.41, 5.74) is 5.71. The van der Waals surface area contributed by atoms with Gasteiger partial charge in [0.15, 0.2) is 0 Å². The minimum atomic E-state index is -2.10. The molecule has 39 heteroatoms. The molecule has 0 bridgehead atoms. The van der Waals surface area contributed by atoms with Gasteiger partial charge in [0, 0.05) is 64.5 Å². The van der Waals surface area contributed by atoms with Crippen molar-refractivity contribution in [3.63, 3.8) is 0 Å². The van der Waals surface area contributed by atoms with Gasteiger partial charge < -0.3 is 109 Å². The molecule has 0 aromatic carbocycles. The van der Waals surface area contributed by atoms with Crippen LogP contribution in [0, 0.1) is 0 Å². The second kappa shape index (κ2) is 41.2. The van der Waals surface area contributed by atoms with Gasteiger partial charge in [-0.05, 0) is 64.2 Å². The Bertz CT molecular complexity index is 2640. The normalized spacial score (nSPS) is 15.1. The van der Waals surface area contributed by atoms with Crippen LogP contribution in [0.1, 0.15) is 116 Å². The number of rotatable bonds is 47. The first-order valence-corrected chi connectivity index (χ1v) is 27.7. The maximum Gasteiger partial charge on any atom is 0.303 e. The van der Waals surface area contributed by atoms with Gasteiger partial charge in [0.05, 0.1) is 19.2 Å². The molecule has 502 valence electrons. The molecular weight excluding hydrogens is 1210 g/mol. The van der Waals surface area contributed by atoms with E-state index < -0.39 is 271 Å². The van der Waals surface area contributed by atoms with Crippen LogP contribution >= 0.6 is 0 Å². The minimum Gasteiger partial charge on any atom is -0.481 e. The molecule has 90 heavy (non-hydrogen) atoms. The van der Waals surface area contributed by atoms with Crippen molar-refractivity contribution in [3.05, 3.63) is 0 Å². The first-order valence-electron chi connectivity index (χ1n) is 27.7. The maximum atomic E-state index is 14.0. The highest BCUT2D eigenvalue weighted by Gasteiger charge is 2.37. The second-order valence-corrected chi connectivity index (χ2v) is 20.0. The van der Waals surface area contributed by atoms with Gasteiger partial charge in [0.2, 0.25) is 59.1 Å². The van der Waals surface area contributed by atoms with Gasteiger partial charge in [-0.2, -0.15) is 0 Å². The van der Waals surface area contributed by atoms with Gasteiger partial charge in [-0.3, -0.25) is 86.3 Å². The molecule has 1 aliphatic rings. The minimum absolute atomic E-state index is 0.207. The number of likely N-dealkylation sites (tertiary alicyclic amines) is 1. The fourth-order valence-corrected chi connectivity index (χ4v) is 8.29. The van der Waals surface area contributed by atoms with Crippen LogP contribution in [-0.2, 0) is 95.8 Å². The summed E-state index contributed by atoms with van der Waals surface area (Å²) in [4.78, 5) is 239. The zero-order valence-electron chi connectivity index (χ0n) is 48.3. The van der Waals surface area contributed by atoms with Crippen LogP contribution in [0.25, 0.3) is 0 Å². The van der Waals surface area contributed by atoms with Gasteiger partial charge in [-0.25, -0.2) is 0 Å². The third-order valence-electron chi connectivity index (χ3n) is 13.0. The van der Waals surface area contributed by atoms with E-state index in [4.69, 9.17) is 15.6 Å². The predicted molar refractivity (Wildman–Crippen MR) is 294 cm³/mol. The molecule has 9 atom stereocenters. The average Bonchev–Trinajstić information content (AvgIpc) is 1.91. The number of aldehydes is 1. The molecule has 1 saturated heterocycles.